The fourth-order valence-electron chi connectivity index (χ4n) is 3.99. The second-order valence-electron chi connectivity index (χ2n) is 8.73. The number of amides is 1. The van der Waals surface area contributed by atoms with Crippen molar-refractivity contribution >= 4 is 28.1 Å². The summed E-state index contributed by atoms with van der Waals surface area (Å²) in [7, 11) is 2.12. The Morgan fingerprint density at radius 2 is 1.94 bits per heavy atom. The Kier molecular flexibility index (Phi) is 7.16. The number of nitrogens with one attached hydrogen (secondary N) is 2. The maximum atomic E-state index is 12.7. The Hall–Kier alpha value is -3.09. The van der Waals surface area contributed by atoms with Crippen LogP contribution in [0.1, 0.15) is 39.7 Å². The summed E-state index contributed by atoms with van der Waals surface area (Å²) in [6, 6.07) is 16.1. The minimum absolute atomic E-state index is 0.0885. The van der Waals surface area contributed by atoms with Gasteiger partial charge in [-0.2, -0.15) is 11.3 Å². The number of benzene rings is 2. The lowest BCUT2D eigenvalue weighted by molar-refractivity contribution is 0.0932. The van der Waals surface area contributed by atoms with Crippen molar-refractivity contribution in [1.82, 2.24) is 15.2 Å². The Labute approximate surface area is 199 Å². The van der Waals surface area contributed by atoms with Gasteiger partial charge < -0.3 is 15.0 Å². The van der Waals surface area contributed by atoms with Gasteiger partial charge in [0.25, 0.3) is 5.91 Å². The maximum Gasteiger partial charge on any atom is 0.251 e. The van der Waals surface area contributed by atoms with Gasteiger partial charge in [-0.1, -0.05) is 12.1 Å². The van der Waals surface area contributed by atoms with Crippen LogP contribution in [-0.4, -0.2) is 35.5 Å². The van der Waals surface area contributed by atoms with E-state index >= 15 is 0 Å². The number of hydrogen-bond donors (Lipinski definition) is 2. The standard InChI is InChI=1S/C27H31N3O2S/c1-18(14-28-27(31)23-8-9-26-25(13-23)19(2)20(3)29-26)32-24-7-5-6-21(12-24)15-30(4)16-22-10-11-33-17-22/h5-13,17-18,29H,14-16H2,1-4H3,(H,28,31). The van der Waals surface area contributed by atoms with Crippen molar-refractivity contribution in [2.24, 2.45) is 0 Å². The molecule has 0 saturated heterocycles. The van der Waals surface area contributed by atoms with E-state index in [2.05, 4.69) is 58.1 Å². The predicted molar refractivity (Wildman–Crippen MR) is 136 cm³/mol. The first-order valence-corrected chi connectivity index (χ1v) is 12.2. The first-order chi connectivity index (χ1) is 15.9. The van der Waals surface area contributed by atoms with E-state index in [1.54, 1.807) is 11.3 Å². The van der Waals surface area contributed by atoms with E-state index in [1.807, 2.05) is 44.2 Å². The number of nitrogens with zero attached hydrogens (tertiary/aromatic N) is 1. The van der Waals surface area contributed by atoms with Gasteiger partial charge in [-0.3, -0.25) is 9.69 Å². The van der Waals surface area contributed by atoms with Gasteiger partial charge in [0.2, 0.25) is 0 Å². The second-order valence-corrected chi connectivity index (χ2v) is 9.51. The molecule has 33 heavy (non-hydrogen) atoms. The highest BCUT2D eigenvalue weighted by atomic mass is 32.1. The molecule has 0 aliphatic heterocycles. The maximum absolute atomic E-state index is 12.7. The van der Waals surface area contributed by atoms with Gasteiger partial charge in [-0.15, -0.1) is 0 Å². The smallest absolute Gasteiger partial charge is 0.251 e. The molecule has 2 N–H and O–H groups in total. The number of hydrogen-bond acceptors (Lipinski definition) is 4. The lowest BCUT2D eigenvalue weighted by atomic mass is 10.1. The molecule has 0 aliphatic rings. The lowest BCUT2D eigenvalue weighted by Crippen LogP contribution is -2.33. The summed E-state index contributed by atoms with van der Waals surface area (Å²) in [6.07, 6.45) is -0.146. The van der Waals surface area contributed by atoms with Gasteiger partial charge in [0.1, 0.15) is 11.9 Å². The van der Waals surface area contributed by atoms with Crippen LogP contribution in [0, 0.1) is 13.8 Å². The average Bonchev–Trinajstić information content (AvgIpc) is 3.39. The summed E-state index contributed by atoms with van der Waals surface area (Å²) in [5.41, 5.74) is 6.56. The summed E-state index contributed by atoms with van der Waals surface area (Å²) in [4.78, 5) is 18.3. The molecule has 1 amide bonds. The van der Waals surface area contributed by atoms with E-state index in [0.29, 0.717) is 12.1 Å². The van der Waals surface area contributed by atoms with Crippen molar-refractivity contribution in [3.8, 4) is 5.75 Å². The largest absolute Gasteiger partial charge is 0.489 e. The zero-order valence-corrected chi connectivity index (χ0v) is 20.5. The quantitative estimate of drug-likeness (QED) is 0.337. The van der Waals surface area contributed by atoms with Crippen molar-refractivity contribution in [2.45, 2.75) is 40.0 Å². The number of aromatic amines is 1. The molecule has 1 unspecified atom stereocenters. The molecule has 0 fully saturated rings. The number of aryl methyl sites for hydroxylation is 2. The molecule has 1 atom stereocenters. The first-order valence-electron chi connectivity index (χ1n) is 11.2. The predicted octanol–water partition coefficient (Wildman–Crippen LogP) is 5.68. The average molecular weight is 462 g/mol. The number of thiophene rings is 1. The molecule has 2 aromatic carbocycles. The van der Waals surface area contributed by atoms with E-state index in [1.165, 1.54) is 16.7 Å². The number of aromatic nitrogens is 1. The van der Waals surface area contributed by atoms with Crippen LogP contribution in [0.5, 0.6) is 5.75 Å². The van der Waals surface area contributed by atoms with Crippen LogP contribution in [-0.2, 0) is 13.1 Å². The third-order valence-corrected chi connectivity index (χ3v) is 6.57. The molecule has 5 nitrogen and oxygen atoms in total. The molecule has 2 aromatic heterocycles. The van der Waals surface area contributed by atoms with Gasteiger partial charge in [-0.05, 0) is 91.7 Å². The highest BCUT2D eigenvalue weighted by molar-refractivity contribution is 7.07. The topological polar surface area (TPSA) is 57.4 Å². The van der Waals surface area contributed by atoms with E-state index in [9.17, 15) is 4.79 Å². The third kappa shape index (κ3) is 5.83. The third-order valence-electron chi connectivity index (χ3n) is 5.84. The van der Waals surface area contributed by atoms with Crippen LogP contribution in [0.2, 0.25) is 0 Å². The number of ether oxygens (including phenoxy) is 1. The zero-order chi connectivity index (χ0) is 23.4. The molecule has 4 rings (SSSR count). The van der Waals surface area contributed by atoms with E-state index in [0.717, 1.165) is 35.4 Å². The minimum atomic E-state index is -0.146. The monoisotopic (exact) mass is 461 g/mol. The molecular formula is C27H31N3O2S. The van der Waals surface area contributed by atoms with Gasteiger partial charge in [0, 0.05) is 35.2 Å². The highest BCUT2D eigenvalue weighted by Crippen LogP contribution is 2.22. The van der Waals surface area contributed by atoms with Crippen LogP contribution in [0.4, 0.5) is 0 Å². The van der Waals surface area contributed by atoms with Gasteiger partial charge in [0.05, 0.1) is 6.54 Å². The van der Waals surface area contributed by atoms with Crippen molar-refractivity contribution in [2.75, 3.05) is 13.6 Å². The first kappa shape index (κ1) is 23.1. The number of fused-ring (bicyclic) bond motifs is 1. The van der Waals surface area contributed by atoms with Crippen LogP contribution >= 0.6 is 11.3 Å². The lowest BCUT2D eigenvalue weighted by Gasteiger charge is -2.18. The SMILES string of the molecule is Cc1[nH]c2ccc(C(=O)NCC(C)Oc3cccc(CN(C)Cc4ccsc4)c3)cc2c1C. The number of rotatable bonds is 9. The van der Waals surface area contributed by atoms with Crippen LogP contribution in [0.15, 0.2) is 59.3 Å². The number of carbonyl (C=O) groups excluding carboxylic acids is 1. The molecule has 0 radical (unpaired) electrons. The summed E-state index contributed by atoms with van der Waals surface area (Å²) in [6.45, 7) is 8.29. The summed E-state index contributed by atoms with van der Waals surface area (Å²) in [5.74, 6) is 0.729. The molecule has 0 saturated carbocycles. The molecule has 6 heteroatoms. The van der Waals surface area contributed by atoms with Crippen molar-refractivity contribution in [3.05, 3.63) is 87.2 Å². The molecule has 0 spiro atoms. The van der Waals surface area contributed by atoms with Gasteiger partial charge >= 0.3 is 0 Å². The Balaban J connectivity index is 1.30. The second kappa shape index (κ2) is 10.2. The van der Waals surface area contributed by atoms with Crippen molar-refractivity contribution < 1.29 is 9.53 Å². The summed E-state index contributed by atoms with van der Waals surface area (Å²) >= 11 is 1.73. The van der Waals surface area contributed by atoms with E-state index in [-0.39, 0.29) is 12.0 Å². The minimum Gasteiger partial charge on any atom is -0.489 e. The molecule has 0 bridgehead atoms. The van der Waals surface area contributed by atoms with Gasteiger partial charge in [-0.25, -0.2) is 0 Å². The zero-order valence-electron chi connectivity index (χ0n) is 19.6. The fraction of sp³-hybridized carbons (Fsp3) is 0.296. The summed E-state index contributed by atoms with van der Waals surface area (Å²) in [5, 5.41) is 8.38. The Morgan fingerprint density at radius 3 is 2.73 bits per heavy atom. The van der Waals surface area contributed by atoms with Crippen molar-refractivity contribution in [1.29, 1.82) is 0 Å². The van der Waals surface area contributed by atoms with Crippen molar-refractivity contribution in [3.63, 3.8) is 0 Å². The number of H-pyrrole nitrogens is 1. The van der Waals surface area contributed by atoms with Crippen LogP contribution in [0.3, 0.4) is 0 Å². The fourth-order valence-corrected chi connectivity index (χ4v) is 4.65. The van der Waals surface area contributed by atoms with Crippen LogP contribution < -0.4 is 10.1 Å². The molecule has 4 aromatic rings. The molecular weight excluding hydrogens is 430 g/mol. The van der Waals surface area contributed by atoms with Gasteiger partial charge in [0.15, 0.2) is 0 Å². The molecule has 172 valence electrons. The molecule has 2 heterocycles. The highest BCUT2D eigenvalue weighted by Gasteiger charge is 2.12. The normalized spacial score (nSPS) is 12.3. The number of carbonyl (C=O) groups is 1. The van der Waals surface area contributed by atoms with E-state index < -0.39 is 0 Å². The van der Waals surface area contributed by atoms with E-state index in [4.69, 9.17) is 4.74 Å². The molecule has 0 aliphatic carbocycles. The summed E-state index contributed by atoms with van der Waals surface area (Å²) < 4.78 is 6.08. The Bertz CT molecular complexity index is 1230. The Morgan fingerprint density at radius 1 is 1.12 bits per heavy atom. The van der Waals surface area contributed by atoms with Crippen LogP contribution in [0.25, 0.3) is 10.9 Å².